The Bertz CT molecular complexity index is 696. The first-order valence-corrected chi connectivity index (χ1v) is 6.75. The van der Waals surface area contributed by atoms with E-state index in [1.165, 1.54) is 0 Å². The first-order valence-electron chi connectivity index (χ1n) is 5.96. The van der Waals surface area contributed by atoms with Crippen LogP contribution in [-0.4, -0.2) is 9.97 Å². The van der Waals surface area contributed by atoms with Crippen LogP contribution in [0.2, 0.25) is 0 Å². The zero-order valence-corrected chi connectivity index (χ0v) is 11.7. The highest BCUT2D eigenvalue weighted by Gasteiger charge is 2.03. The van der Waals surface area contributed by atoms with Crippen molar-refractivity contribution in [3.05, 3.63) is 71.5 Å². The van der Waals surface area contributed by atoms with Crippen molar-refractivity contribution in [1.82, 2.24) is 9.97 Å². The first kappa shape index (κ1) is 12.1. The van der Waals surface area contributed by atoms with E-state index in [2.05, 4.69) is 44.1 Å². The predicted octanol–water partition coefficient (Wildman–Crippen LogP) is 4.57. The van der Waals surface area contributed by atoms with Crippen molar-refractivity contribution >= 4 is 15.9 Å². The van der Waals surface area contributed by atoms with E-state index in [9.17, 15) is 0 Å². The standard InChI is InChI=1S/C16H11BrN2/c17-14-5-3-4-12(10-14)13-7-9-19-16(11-13)15-6-1-2-8-18-15/h1-11H. The Hall–Kier alpha value is -2.00. The molecule has 2 nitrogen and oxygen atoms in total. The summed E-state index contributed by atoms with van der Waals surface area (Å²) in [7, 11) is 0. The van der Waals surface area contributed by atoms with Crippen LogP contribution in [0.3, 0.4) is 0 Å². The highest BCUT2D eigenvalue weighted by molar-refractivity contribution is 9.10. The molecule has 2 heterocycles. The third-order valence-corrected chi connectivity index (χ3v) is 3.34. The van der Waals surface area contributed by atoms with Crippen LogP contribution in [0.25, 0.3) is 22.5 Å². The smallest absolute Gasteiger partial charge is 0.0892 e. The lowest BCUT2D eigenvalue weighted by Gasteiger charge is -2.05. The van der Waals surface area contributed by atoms with Gasteiger partial charge in [-0.05, 0) is 47.5 Å². The van der Waals surface area contributed by atoms with Gasteiger partial charge in [-0.1, -0.05) is 34.1 Å². The van der Waals surface area contributed by atoms with Crippen LogP contribution in [-0.2, 0) is 0 Å². The molecular formula is C16H11BrN2. The molecule has 0 aliphatic heterocycles. The van der Waals surface area contributed by atoms with Crippen LogP contribution in [0.1, 0.15) is 0 Å². The maximum absolute atomic E-state index is 4.38. The summed E-state index contributed by atoms with van der Waals surface area (Å²) in [5, 5.41) is 0. The summed E-state index contributed by atoms with van der Waals surface area (Å²) < 4.78 is 1.07. The van der Waals surface area contributed by atoms with Crippen LogP contribution in [0.15, 0.2) is 71.5 Å². The lowest BCUT2D eigenvalue weighted by atomic mass is 10.1. The van der Waals surface area contributed by atoms with Crippen LogP contribution in [0.5, 0.6) is 0 Å². The number of pyridine rings is 2. The summed E-state index contributed by atoms with van der Waals surface area (Å²) >= 11 is 3.49. The van der Waals surface area contributed by atoms with Gasteiger partial charge in [-0.3, -0.25) is 9.97 Å². The Labute approximate surface area is 120 Å². The van der Waals surface area contributed by atoms with E-state index >= 15 is 0 Å². The summed E-state index contributed by atoms with van der Waals surface area (Å²) in [6.45, 7) is 0. The molecule has 0 aliphatic rings. The molecule has 0 fully saturated rings. The van der Waals surface area contributed by atoms with Gasteiger partial charge in [-0.2, -0.15) is 0 Å². The van der Waals surface area contributed by atoms with E-state index in [1.54, 1.807) is 6.20 Å². The van der Waals surface area contributed by atoms with Gasteiger partial charge in [0.2, 0.25) is 0 Å². The van der Waals surface area contributed by atoms with E-state index in [4.69, 9.17) is 0 Å². The first-order chi connectivity index (χ1) is 9.33. The molecule has 0 bridgehead atoms. The van der Waals surface area contributed by atoms with Crippen LogP contribution < -0.4 is 0 Å². The lowest BCUT2D eigenvalue weighted by Crippen LogP contribution is -1.87. The minimum atomic E-state index is 0.887. The Kier molecular flexibility index (Phi) is 3.38. The average molecular weight is 311 g/mol. The number of halogens is 1. The van der Waals surface area contributed by atoms with Crippen LogP contribution in [0, 0.1) is 0 Å². The van der Waals surface area contributed by atoms with E-state index in [0.717, 1.165) is 27.0 Å². The zero-order valence-electron chi connectivity index (χ0n) is 10.1. The fourth-order valence-corrected chi connectivity index (χ4v) is 2.33. The van der Waals surface area contributed by atoms with Crippen LogP contribution >= 0.6 is 15.9 Å². The quantitative estimate of drug-likeness (QED) is 0.692. The second-order valence-electron chi connectivity index (χ2n) is 4.16. The lowest BCUT2D eigenvalue weighted by molar-refractivity contribution is 1.25. The Balaban J connectivity index is 2.06. The minimum Gasteiger partial charge on any atom is -0.255 e. The monoisotopic (exact) mass is 310 g/mol. The second kappa shape index (κ2) is 5.33. The van der Waals surface area contributed by atoms with Crippen LogP contribution in [0.4, 0.5) is 0 Å². The van der Waals surface area contributed by atoms with Gasteiger partial charge in [-0.25, -0.2) is 0 Å². The van der Waals surface area contributed by atoms with Gasteiger partial charge in [0.25, 0.3) is 0 Å². The van der Waals surface area contributed by atoms with Crippen molar-refractivity contribution < 1.29 is 0 Å². The molecule has 3 rings (SSSR count). The van der Waals surface area contributed by atoms with Crippen molar-refractivity contribution in [2.45, 2.75) is 0 Å². The summed E-state index contributed by atoms with van der Waals surface area (Å²) in [6.07, 6.45) is 3.60. The van der Waals surface area contributed by atoms with Gasteiger partial charge in [0, 0.05) is 16.9 Å². The normalized spacial score (nSPS) is 10.4. The van der Waals surface area contributed by atoms with Crippen molar-refractivity contribution in [1.29, 1.82) is 0 Å². The van der Waals surface area contributed by atoms with Crippen molar-refractivity contribution in [2.75, 3.05) is 0 Å². The second-order valence-corrected chi connectivity index (χ2v) is 5.07. The molecule has 0 unspecified atom stereocenters. The molecule has 0 spiro atoms. The van der Waals surface area contributed by atoms with Gasteiger partial charge in [-0.15, -0.1) is 0 Å². The molecule has 3 heteroatoms. The molecule has 2 aromatic heterocycles. The largest absolute Gasteiger partial charge is 0.255 e. The fourth-order valence-electron chi connectivity index (χ4n) is 1.93. The summed E-state index contributed by atoms with van der Waals surface area (Å²) in [6, 6.07) is 18.1. The maximum Gasteiger partial charge on any atom is 0.0892 e. The number of rotatable bonds is 2. The molecule has 0 saturated carbocycles. The molecule has 3 aromatic rings. The molecule has 0 atom stereocenters. The summed E-state index contributed by atoms with van der Waals surface area (Å²) in [4.78, 5) is 8.71. The minimum absolute atomic E-state index is 0.887. The maximum atomic E-state index is 4.38. The molecule has 19 heavy (non-hydrogen) atoms. The molecule has 92 valence electrons. The van der Waals surface area contributed by atoms with E-state index in [-0.39, 0.29) is 0 Å². The van der Waals surface area contributed by atoms with Crippen molar-refractivity contribution in [3.8, 4) is 22.5 Å². The van der Waals surface area contributed by atoms with Gasteiger partial charge in [0.1, 0.15) is 0 Å². The zero-order chi connectivity index (χ0) is 13.1. The number of hydrogen-bond donors (Lipinski definition) is 0. The predicted molar refractivity (Wildman–Crippen MR) is 80.6 cm³/mol. The molecule has 1 aromatic carbocycles. The number of aromatic nitrogens is 2. The van der Waals surface area contributed by atoms with E-state index in [0.29, 0.717) is 0 Å². The molecule has 0 radical (unpaired) electrons. The Morgan fingerprint density at radius 2 is 1.53 bits per heavy atom. The molecular weight excluding hydrogens is 300 g/mol. The topological polar surface area (TPSA) is 25.8 Å². The molecule has 0 aliphatic carbocycles. The van der Waals surface area contributed by atoms with Gasteiger partial charge in [0.05, 0.1) is 11.4 Å². The fraction of sp³-hybridized carbons (Fsp3) is 0. The molecule has 0 saturated heterocycles. The third-order valence-electron chi connectivity index (χ3n) is 2.85. The number of hydrogen-bond acceptors (Lipinski definition) is 2. The Morgan fingerprint density at radius 3 is 2.32 bits per heavy atom. The highest BCUT2D eigenvalue weighted by atomic mass is 79.9. The number of nitrogens with zero attached hydrogens (tertiary/aromatic N) is 2. The van der Waals surface area contributed by atoms with E-state index < -0.39 is 0 Å². The molecule has 0 amide bonds. The van der Waals surface area contributed by atoms with Crippen molar-refractivity contribution in [3.63, 3.8) is 0 Å². The average Bonchev–Trinajstić information content (AvgIpc) is 2.48. The van der Waals surface area contributed by atoms with Crippen molar-refractivity contribution in [2.24, 2.45) is 0 Å². The van der Waals surface area contributed by atoms with E-state index in [1.807, 2.05) is 42.6 Å². The summed E-state index contributed by atoms with van der Waals surface area (Å²) in [5.74, 6) is 0. The Morgan fingerprint density at radius 1 is 0.684 bits per heavy atom. The third kappa shape index (κ3) is 2.71. The molecule has 0 N–H and O–H groups in total. The summed E-state index contributed by atoms with van der Waals surface area (Å²) in [5.41, 5.74) is 4.07. The highest BCUT2D eigenvalue weighted by Crippen LogP contribution is 2.25. The van der Waals surface area contributed by atoms with Gasteiger partial charge in [0.15, 0.2) is 0 Å². The van der Waals surface area contributed by atoms with Gasteiger partial charge < -0.3 is 0 Å². The SMILES string of the molecule is Brc1cccc(-c2ccnc(-c3ccccn3)c2)c1. The number of benzene rings is 1. The van der Waals surface area contributed by atoms with Gasteiger partial charge >= 0.3 is 0 Å².